The summed E-state index contributed by atoms with van der Waals surface area (Å²) in [5.41, 5.74) is 5.99. The van der Waals surface area contributed by atoms with Crippen molar-refractivity contribution in [1.82, 2.24) is 19.7 Å². The number of nitrogens with two attached hydrogens (primary N) is 1. The quantitative estimate of drug-likeness (QED) is 0.889. The van der Waals surface area contributed by atoms with Crippen LogP contribution in [0.25, 0.3) is 0 Å². The second-order valence-corrected chi connectivity index (χ2v) is 4.97. The van der Waals surface area contributed by atoms with E-state index >= 15 is 0 Å². The summed E-state index contributed by atoms with van der Waals surface area (Å²) >= 11 is 0. The predicted octanol–water partition coefficient (Wildman–Crippen LogP) is 0.724. The van der Waals surface area contributed by atoms with Crippen LogP contribution in [0.3, 0.4) is 0 Å². The number of carbonyl (C=O) groups is 1. The Bertz CT molecular complexity index is 447. The Kier molecular flexibility index (Phi) is 5.31. The van der Waals surface area contributed by atoms with E-state index in [0.717, 1.165) is 18.1 Å². The van der Waals surface area contributed by atoms with Gasteiger partial charge in [-0.05, 0) is 12.8 Å². The minimum absolute atomic E-state index is 0. The van der Waals surface area contributed by atoms with Gasteiger partial charge >= 0.3 is 0 Å². The van der Waals surface area contributed by atoms with Crippen LogP contribution in [-0.2, 0) is 17.9 Å². The minimum Gasteiger partial charge on any atom is -0.332 e. The molecule has 0 aromatic carbocycles. The maximum atomic E-state index is 12.3. The van der Waals surface area contributed by atoms with Crippen molar-refractivity contribution in [2.24, 2.45) is 11.7 Å². The molecule has 0 spiro atoms. The molecule has 2 atom stereocenters. The molecule has 1 aromatic heterocycles. The molecule has 19 heavy (non-hydrogen) atoms. The van der Waals surface area contributed by atoms with E-state index in [1.165, 1.54) is 0 Å². The maximum Gasteiger partial charge on any atom is 0.240 e. The summed E-state index contributed by atoms with van der Waals surface area (Å²) in [6.45, 7) is 7.81. The number of hydrogen-bond acceptors (Lipinski definition) is 4. The van der Waals surface area contributed by atoms with E-state index in [9.17, 15) is 4.79 Å². The first kappa shape index (κ1) is 15.9. The van der Waals surface area contributed by atoms with Crippen molar-refractivity contribution in [1.29, 1.82) is 0 Å². The lowest BCUT2D eigenvalue weighted by Crippen LogP contribution is -2.49. The summed E-state index contributed by atoms with van der Waals surface area (Å²) < 4.78 is 1.87. The highest BCUT2D eigenvalue weighted by atomic mass is 35.5. The lowest BCUT2D eigenvalue weighted by molar-refractivity contribution is -0.135. The Balaban J connectivity index is 0.00000180. The fraction of sp³-hybridized carbons (Fsp3) is 0.750. The number of carbonyl (C=O) groups excluding carboxylic acids is 1. The summed E-state index contributed by atoms with van der Waals surface area (Å²) in [5, 5.41) is 4.28. The number of nitrogens with zero attached hydrogens (tertiary/aromatic N) is 4. The van der Waals surface area contributed by atoms with Crippen LogP contribution in [0.5, 0.6) is 0 Å². The summed E-state index contributed by atoms with van der Waals surface area (Å²) in [4.78, 5) is 18.4. The lowest BCUT2D eigenvalue weighted by Gasteiger charge is -2.30. The van der Waals surface area contributed by atoms with Crippen molar-refractivity contribution in [3.63, 3.8) is 0 Å². The van der Waals surface area contributed by atoms with Crippen LogP contribution in [0, 0.1) is 12.8 Å². The summed E-state index contributed by atoms with van der Waals surface area (Å²) in [5.74, 6) is 1.84. The van der Waals surface area contributed by atoms with Crippen LogP contribution in [0.2, 0.25) is 0 Å². The van der Waals surface area contributed by atoms with Crippen LogP contribution >= 0.6 is 12.4 Å². The molecule has 6 nitrogen and oxygen atoms in total. The fourth-order valence-corrected chi connectivity index (χ4v) is 2.16. The van der Waals surface area contributed by atoms with Crippen LogP contribution in [0.15, 0.2) is 0 Å². The van der Waals surface area contributed by atoms with Gasteiger partial charge in [0.05, 0.1) is 19.1 Å². The van der Waals surface area contributed by atoms with Crippen molar-refractivity contribution in [3.8, 4) is 0 Å². The van der Waals surface area contributed by atoms with E-state index in [-0.39, 0.29) is 24.2 Å². The highest BCUT2D eigenvalue weighted by molar-refractivity contribution is 5.85. The third-order valence-electron chi connectivity index (χ3n) is 3.62. The first-order chi connectivity index (χ1) is 8.52. The largest absolute Gasteiger partial charge is 0.332 e. The van der Waals surface area contributed by atoms with E-state index in [4.69, 9.17) is 5.73 Å². The molecule has 1 aliphatic rings. The van der Waals surface area contributed by atoms with Gasteiger partial charge in [0.25, 0.3) is 0 Å². The number of hydrogen-bond donors (Lipinski definition) is 1. The average molecular weight is 288 g/mol. The smallest absolute Gasteiger partial charge is 0.240 e. The molecular weight excluding hydrogens is 266 g/mol. The molecule has 1 amide bonds. The number of aryl methyl sites for hydroxylation is 1. The summed E-state index contributed by atoms with van der Waals surface area (Å²) in [6.07, 6.45) is 0.913. The second kappa shape index (κ2) is 6.34. The first-order valence-corrected chi connectivity index (χ1v) is 6.47. The molecule has 2 heterocycles. The molecule has 0 aliphatic carbocycles. The van der Waals surface area contributed by atoms with E-state index in [1.807, 2.05) is 25.5 Å². The number of halogens is 1. The van der Waals surface area contributed by atoms with E-state index < -0.39 is 6.04 Å². The molecule has 0 saturated heterocycles. The van der Waals surface area contributed by atoms with Crippen LogP contribution in [0.4, 0.5) is 0 Å². The van der Waals surface area contributed by atoms with Crippen molar-refractivity contribution in [3.05, 3.63) is 11.6 Å². The second-order valence-electron chi connectivity index (χ2n) is 4.97. The molecule has 2 rings (SSSR count). The Hall–Kier alpha value is -1.14. The third kappa shape index (κ3) is 3.25. The monoisotopic (exact) mass is 287 g/mol. The van der Waals surface area contributed by atoms with Gasteiger partial charge in [-0.25, -0.2) is 9.67 Å². The SMILES string of the molecule is CCC(C)C(N)C(=O)N1CCn2nc(C)nc2C1.Cl. The zero-order chi connectivity index (χ0) is 13.3. The molecule has 0 bridgehead atoms. The third-order valence-corrected chi connectivity index (χ3v) is 3.62. The molecule has 0 fully saturated rings. The molecule has 7 heteroatoms. The molecule has 1 aromatic rings. The van der Waals surface area contributed by atoms with Crippen LogP contribution in [0.1, 0.15) is 31.9 Å². The van der Waals surface area contributed by atoms with E-state index in [0.29, 0.717) is 19.6 Å². The predicted molar refractivity (Wildman–Crippen MR) is 74.9 cm³/mol. The Morgan fingerprint density at radius 3 is 2.79 bits per heavy atom. The van der Waals surface area contributed by atoms with Gasteiger partial charge < -0.3 is 10.6 Å². The Morgan fingerprint density at radius 2 is 2.16 bits per heavy atom. The average Bonchev–Trinajstić information content (AvgIpc) is 2.74. The fourth-order valence-electron chi connectivity index (χ4n) is 2.16. The molecule has 1 aliphatic heterocycles. The summed E-state index contributed by atoms with van der Waals surface area (Å²) in [7, 11) is 0. The standard InChI is InChI=1S/C12H21N5O.ClH/c1-4-8(2)11(13)12(18)16-5-6-17-10(7-16)14-9(3)15-17;/h8,11H,4-7,13H2,1-3H3;1H. The van der Waals surface area contributed by atoms with Gasteiger partial charge in [-0.3, -0.25) is 4.79 Å². The Morgan fingerprint density at radius 1 is 1.47 bits per heavy atom. The lowest BCUT2D eigenvalue weighted by atomic mass is 9.99. The van der Waals surface area contributed by atoms with Crippen molar-refractivity contribution in [2.75, 3.05) is 6.54 Å². The van der Waals surface area contributed by atoms with Gasteiger partial charge in [-0.2, -0.15) is 5.10 Å². The topological polar surface area (TPSA) is 77.0 Å². The molecule has 0 saturated carbocycles. The van der Waals surface area contributed by atoms with Crippen LogP contribution in [-0.4, -0.2) is 38.2 Å². The van der Waals surface area contributed by atoms with Crippen molar-refractivity contribution >= 4 is 18.3 Å². The normalized spacial score (nSPS) is 17.4. The number of aromatic nitrogens is 3. The number of fused-ring (bicyclic) bond motifs is 1. The molecule has 2 N–H and O–H groups in total. The minimum atomic E-state index is -0.412. The van der Waals surface area contributed by atoms with E-state index in [2.05, 4.69) is 10.1 Å². The van der Waals surface area contributed by atoms with Gasteiger partial charge in [-0.1, -0.05) is 20.3 Å². The van der Waals surface area contributed by atoms with Gasteiger partial charge in [0.2, 0.25) is 5.91 Å². The number of rotatable bonds is 3. The van der Waals surface area contributed by atoms with Crippen molar-refractivity contribution < 1.29 is 4.79 Å². The van der Waals surface area contributed by atoms with Crippen molar-refractivity contribution in [2.45, 2.75) is 46.3 Å². The highest BCUT2D eigenvalue weighted by Gasteiger charge is 2.28. The summed E-state index contributed by atoms with van der Waals surface area (Å²) in [6, 6.07) is -0.412. The molecular formula is C12H22ClN5O. The zero-order valence-corrected chi connectivity index (χ0v) is 12.5. The van der Waals surface area contributed by atoms with E-state index in [1.54, 1.807) is 4.90 Å². The Labute approximate surface area is 119 Å². The number of amides is 1. The zero-order valence-electron chi connectivity index (χ0n) is 11.7. The highest BCUT2D eigenvalue weighted by Crippen LogP contribution is 2.14. The maximum absolute atomic E-state index is 12.3. The molecule has 0 radical (unpaired) electrons. The van der Waals surface area contributed by atoms with Gasteiger partial charge in [0, 0.05) is 6.54 Å². The van der Waals surface area contributed by atoms with Gasteiger partial charge in [0.1, 0.15) is 11.6 Å². The molecule has 108 valence electrons. The van der Waals surface area contributed by atoms with Gasteiger partial charge in [-0.15, -0.1) is 12.4 Å². The molecule has 2 unspecified atom stereocenters. The first-order valence-electron chi connectivity index (χ1n) is 6.47. The van der Waals surface area contributed by atoms with Crippen LogP contribution < -0.4 is 5.73 Å². The van der Waals surface area contributed by atoms with Gasteiger partial charge in [0.15, 0.2) is 0 Å².